The number of rotatable bonds is 6. The number of sulfonamides is 1. The maximum absolute atomic E-state index is 14.2. The van der Waals surface area contributed by atoms with Gasteiger partial charge in [-0.1, -0.05) is 42.5 Å². The van der Waals surface area contributed by atoms with Crippen molar-refractivity contribution in [2.75, 3.05) is 13.6 Å². The number of aliphatic hydroxyl groups excluding tert-OH is 1. The van der Waals surface area contributed by atoms with Crippen LogP contribution in [-0.4, -0.2) is 49.5 Å². The van der Waals surface area contributed by atoms with Gasteiger partial charge in [0.15, 0.2) is 0 Å². The Bertz CT molecular complexity index is 1020. The fourth-order valence-electron chi connectivity index (χ4n) is 4.42. The van der Waals surface area contributed by atoms with Gasteiger partial charge in [0.1, 0.15) is 10.7 Å². The van der Waals surface area contributed by atoms with Gasteiger partial charge in [-0.2, -0.15) is 4.31 Å². The number of hydrogen-bond donors (Lipinski definition) is 2. The number of nitrogens with zero attached hydrogens (tertiary/aromatic N) is 1. The number of halogens is 1. The zero-order valence-electron chi connectivity index (χ0n) is 17.8. The molecule has 3 atom stereocenters. The summed E-state index contributed by atoms with van der Waals surface area (Å²) in [5.41, 5.74) is 0.613. The van der Waals surface area contributed by atoms with Crippen molar-refractivity contribution in [1.82, 2.24) is 9.62 Å². The molecule has 0 radical (unpaired) electrons. The molecule has 0 spiro atoms. The van der Waals surface area contributed by atoms with E-state index in [2.05, 4.69) is 5.32 Å². The van der Waals surface area contributed by atoms with Crippen LogP contribution in [0.3, 0.4) is 0 Å². The van der Waals surface area contributed by atoms with Crippen LogP contribution in [0.1, 0.15) is 38.2 Å². The van der Waals surface area contributed by atoms with Gasteiger partial charge in [0.2, 0.25) is 15.9 Å². The van der Waals surface area contributed by atoms with Crippen molar-refractivity contribution < 1.29 is 22.7 Å². The smallest absolute Gasteiger partial charge is 0.246 e. The Morgan fingerprint density at radius 2 is 1.74 bits per heavy atom. The van der Waals surface area contributed by atoms with Gasteiger partial charge in [-0.25, -0.2) is 12.8 Å². The number of likely N-dealkylation sites (N-methyl/N-ethyl adjacent to an activating group) is 1. The first kappa shape index (κ1) is 23.4. The molecule has 0 unspecified atom stereocenters. The van der Waals surface area contributed by atoms with E-state index in [9.17, 15) is 22.7 Å². The SMILES string of the molecule is CC(=O)NC[C@]1(c2ccccc2)CC[C@H](O)[C@@H](N(C)S(=O)(=O)c2ccccc2F)CC1. The zero-order chi connectivity index (χ0) is 22.6. The minimum Gasteiger partial charge on any atom is -0.391 e. The Hall–Kier alpha value is -2.29. The predicted molar refractivity (Wildman–Crippen MR) is 116 cm³/mol. The van der Waals surface area contributed by atoms with Gasteiger partial charge in [0.25, 0.3) is 0 Å². The topological polar surface area (TPSA) is 86.7 Å². The Morgan fingerprint density at radius 1 is 1.13 bits per heavy atom. The quantitative estimate of drug-likeness (QED) is 0.666. The summed E-state index contributed by atoms with van der Waals surface area (Å²) in [5, 5.41) is 13.8. The van der Waals surface area contributed by atoms with Crippen LogP contribution < -0.4 is 5.32 Å². The van der Waals surface area contributed by atoms with Crippen molar-refractivity contribution in [2.24, 2.45) is 0 Å². The van der Waals surface area contributed by atoms with Crippen LogP contribution in [0.2, 0.25) is 0 Å². The molecule has 1 amide bonds. The Balaban J connectivity index is 1.90. The van der Waals surface area contributed by atoms with Gasteiger partial charge in [-0.05, 0) is 43.4 Å². The van der Waals surface area contributed by atoms with Crippen LogP contribution in [0.15, 0.2) is 59.5 Å². The summed E-state index contributed by atoms with van der Waals surface area (Å²) in [6.07, 6.45) is 0.976. The minimum absolute atomic E-state index is 0.143. The van der Waals surface area contributed by atoms with Gasteiger partial charge in [-0.15, -0.1) is 0 Å². The van der Waals surface area contributed by atoms with E-state index in [0.29, 0.717) is 32.2 Å². The molecule has 2 aromatic rings. The highest BCUT2D eigenvalue weighted by Gasteiger charge is 2.42. The van der Waals surface area contributed by atoms with Gasteiger partial charge in [0.05, 0.1) is 12.1 Å². The van der Waals surface area contributed by atoms with Crippen LogP contribution in [0.4, 0.5) is 4.39 Å². The Kier molecular flexibility index (Phi) is 7.13. The standard InChI is InChI=1S/C23H29FN2O4S/c1-17(27)25-16-23(18-8-4-3-5-9-18)14-12-20(21(28)13-15-23)26(2)31(29,30)22-11-7-6-10-19(22)24/h3-11,20-21,28H,12-16H2,1-2H3,(H,25,27)/t20-,21-,23+/m0/s1. The molecule has 0 bridgehead atoms. The fraction of sp³-hybridized carbons (Fsp3) is 0.435. The zero-order valence-corrected chi connectivity index (χ0v) is 18.6. The number of aliphatic hydroxyl groups is 1. The first-order valence-electron chi connectivity index (χ1n) is 10.4. The van der Waals surface area contributed by atoms with Gasteiger partial charge < -0.3 is 10.4 Å². The molecular formula is C23H29FN2O4S. The summed E-state index contributed by atoms with van der Waals surface area (Å²) in [6.45, 7) is 1.86. The lowest BCUT2D eigenvalue weighted by molar-refractivity contribution is -0.119. The summed E-state index contributed by atoms with van der Waals surface area (Å²) in [7, 11) is -2.73. The summed E-state index contributed by atoms with van der Waals surface area (Å²) in [4.78, 5) is 11.2. The van der Waals surface area contributed by atoms with Crippen molar-refractivity contribution in [3.8, 4) is 0 Å². The highest BCUT2D eigenvalue weighted by Crippen LogP contribution is 2.40. The number of nitrogens with one attached hydrogen (secondary N) is 1. The van der Waals surface area contributed by atoms with E-state index >= 15 is 0 Å². The third-order valence-electron chi connectivity index (χ3n) is 6.30. The average molecular weight is 449 g/mol. The molecule has 0 saturated heterocycles. The highest BCUT2D eigenvalue weighted by atomic mass is 32.2. The maximum Gasteiger partial charge on any atom is 0.246 e. The van der Waals surface area contributed by atoms with Crippen LogP contribution in [0, 0.1) is 5.82 Å². The van der Waals surface area contributed by atoms with Crippen LogP contribution in [-0.2, 0) is 20.2 Å². The van der Waals surface area contributed by atoms with Gasteiger partial charge in [0, 0.05) is 25.9 Å². The van der Waals surface area contributed by atoms with Crippen molar-refractivity contribution in [2.45, 2.75) is 55.1 Å². The molecule has 3 rings (SSSR count). The Labute approximate surface area is 183 Å². The van der Waals surface area contributed by atoms with E-state index in [0.717, 1.165) is 15.9 Å². The molecule has 2 N–H and O–H groups in total. The van der Waals surface area contributed by atoms with Crippen LogP contribution in [0.5, 0.6) is 0 Å². The molecule has 1 aliphatic carbocycles. The van der Waals surface area contributed by atoms with Crippen molar-refractivity contribution in [3.63, 3.8) is 0 Å². The molecule has 1 saturated carbocycles. The van der Waals surface area contributed by atoms with Gasteiger partial charge in [-0.3, -0.25) is 4.79 Å². The monoisotopic (exact) mass is 448 g/mol. The number of carbonyl (C=O) groups is 1. The average Bonchev–Trinajstić information content (AvgIpc) is 2.92. The number of amides is 1. The first-order chi connectivity index (χ1) is 14.7. The van der Waals surface area contributed by atoms with E-state index in [-0.39, 0.29) is 5.91 Å². The molecule has 1 fully saturated rings. The molecule has 0 aromatic heterocycles. The fourth-order valence-corrected chi connectivity index (χ4v) is 5.90. The number of hydrogen-bond acceptors (Lipinski definition) is 4. The molecule has 0 aliphatic heterocycles. The second kappa shape index (κ2) is 9.46. The summed E-state index contributed by atoms with van der Waals surface area (Å²) in [5.74, 6) is -0.961. The molecular weight excluding hydrogens is 419 g/mol. The molecule has 6 nitrogen and oxygen atoms in total. The van der Waals surface area contributed by atoms with E-state index in [1.165, 1.54) is 32.2 Å². The summed E-state index contributed by atoms with van der Waals surface area (Å²) < 4.78 is 41.4. The minimum atomic E-state index is -4.12. The molecule has 168 valence electrons. The molecule has 1 aliphatic rings. The number of benzene rings is 2. The van der Waals surface area contributed by atoms with E-state index in [1.807, 2.05) is 30.3 Å². The van der Waals surface area contributed by atoms with E-state index in [1.54, 1.807) is 0 Å². The normalized spacial score (nSPS) is 24.5. The summed E-state index contributed by atoms with van der Waals surface area (Å²) >= 11 is 0. The van der Waals surface area contributed by atoms with E-state index < -0.39 is 38.3 Å². The molecule has 31 heavy (non-hydrogen) atoms. The lowest BCUT2D eigenvalue weighted by Crippen LogP contribution is -2.44. The molecule has 8 heteroatoms. The van der Waals surface area contributed by atoms with Crippen molar-refractivity contribution in [1.29, 1.82) is 0 Å². The highest BCUT2D eigenvalue weighted by molar-refractivity contribution is 7.89. The molecule has 0 heterocycles. The molecule has 2 aromatic carbocycles. The lowest BCUT2D eigenvalue weighted by atomic mass is 9.74. The van der Waals surface area contributed by atoms with Crippen LogP contribution in [0.25, 0.3) is 0 Å². The predicted octanol–water partition coefficient (Wildman–Crippen LogP) is 2.82. The van der Waals surface area contributed by atoms with Crippen molar-refractivity contribution >= 4 is 15.9 Å². The second-order valence-electron chi connectivity index (χ2n) is 8.22. The Morgan fingerprint density at radius 3 is 2.39 bits per heavy atom. The third kappa shape index (κ3) is 4.97. The van der Waals surface area contributed by atoms with Crippen molar-refractivity contribution in [3.05, 3.63) is 66.0 Å². The third-order valence-corrected chi connectivity index (χ3v) is 8.22. The number of carbonyl (C=O) groups excluding carboxylic acids is 1. The lowest BCUT2D eigenvalue weighted by Gasteiger charge is -2.34. The summed E-state index contributed by atoms with van der Waals surface area (Å²) in [6, 6.07) is 14.3. The largest absolute Gasteiger partial charge is 0.391 e. The van der Waals surface area contributed by atoms with E-state index in [4.69, 9.17) is 0 Å². The van der Waals surface area contributed by atoms with Gasteiger partial charge >= 0.3 is 0 Å². The first-order valence-corrected chi connectivity index (χ1v) is 11.8. The maximum atomic E-state index is 14.2. The van der Waals surface area contributed by atoms with Crippen LogP contribution >= 0.6 is 0 Å². The second-order valence-corrected chi connectivity index (χ2v) is 10.2.